The molecule has 0 saturated heterocycles. The van der Waals surface area contributed by atoms with Gasteiger partial charge < -0.3 is 10.8 Å². The van der Waals surface area contributed by atoms with Crippen molar-refractivity contribution in [2.24, 2.45) is 5.73 Å². The zero-order chi connectivity index (χ0) is 20.7. The third kappa shape index (κ3) is 6.02. The number of aromatic hydroxyl groups is 1. The Labute approximate surface area is 161 Å². The Balaban J connectivity index is 0.000000289. The van der Waals surface area contributed by atoms with Gasteiger partial charge in [-0.2, -0.15) is 0 Å². The van der Waals surface area contributed by atoms with E-state index in [2.05, 4.69) is 0 Å². The second-order valence-corrected chi connectivity index (χ2v) is 6.04. The minimum absolute atomic E-state index is 0.292. The zero-order valence-electron chi connectivity index (χ0n) is 13.3. The molecule has 2 aromatic rings. The Morgan fingerprint density at radius 2 is 1.33 bits per heavy atom. The summed E-state index contributed by atoms with van der Waals surface area (Å²) in [5, 5.41) is 40.2. The highest BCUT2D eigenvalue weighted by molar-refractivity contribution is 6.44. The summed E-state index contributed by atoms with van der Waals surface area (Å²) >= 11 is 11.2. The van der Waals surface area contributed by atoms with Crippen LogP contribution in [0.1, 0.15) is 11.6 Å². The molecule has 0 radical (unpaired) electrons. The Morgan fingerprint density at radius 3 is 1.67 bits per heavy atom. The van der Waals surface area contributed by atoms with Gasteiger partial charge in [0.15, 0.2) is 0 Å². The highest BCUT2D eigenvalue weighted by atomic mass is 35.5. The number of nitro benzene ring substituents is 3. The Morgan fingerprint density at radius 1 is 0.889 bits per heavy atom. The minimum atomic E-state index is -1.21. The van der Waals surface area contributed by atoms with Crippen LogP contribution in [0, 0.1) is 30.3 Å². The van der Waals surface area contributed by atoms with Gasteiger partial charge in [-0.1, -0.05) is 30.3 Å². The van der Waals surface area contributed by atoms with Crippen LogP contribution in [0.15, 0.2) is 42.5 Å². The second-order valence-electron chi connectivity index (χ2n) is 4.87. The van der Waals surface area contributed by atoms with Gasteiger partial charge in [-0.05, 0) is 5.56 Å². The fourth-order valence-electron chi connectivity index (χ4n) is 1.79. The summed E-state index contributed by atoms with van der Waals surface area (Å²) < 4.78 is 0. The lowest BCUT2D eigenvalue weighted by atomic mass is 10.1. The van der Waals surface area contributed by atoms with Crippen molar-refractivity contribution in [1.82, 2.24) is 0 Å². The predicted octanol–water partition coefficient (Wildman–Crippen LogP) is 3.61. The maximum Gasteiger partial charge on any atom is 0.324 e. The smallest absolute Gasteiger partial charge is 0.324 e. The third-order valence-corrected chi connectivity index (χ3v) is 3.66. The van der Waals surface area contributed by atoms with Crippen LogP contribution in [0.2, 0.25) is 0 Å². The van der Waals surface area contributed by atoms with Gasteiger partial charge >= 0.3 is 11.4 Å². The highest BCUT2D eigenvalue weighted by Gasteiger charge is 2.30. The highest BCUT2D eigenvalue weighted by Crippen LogP contribution is 2.38. The number of alkyl halides is 2. The second kappa shape index (κ2) is 9.62. The van der Waals surface area contributed by atoms with E-state index in [-0.39, 0.29) is 6.04 Å². The van der Waals surface area contributed by atoms with Crippen LogP contribution in [-0.4, -0.2) is 24.7 Å². The van der Waals surface area contributed by atoms with E-state index in [9.17, 15) is 30.3 Å². The van der Waals surface area contributed by atoms with E-state index in [1.165, 1.54) is 0 Å². The number of phenols is 1. The number of halogens is 2. The van der Waals surface area contributed by atoms with Crippen LogP contribution in [0.25, 0.3) is 0 Å². The normalized spacial score (nSPS) is 11.3. The van der Waals surface area contributed by atoms with Crippen LogP contribution in [0.5, 0.6) is 5.75 Å². The average Bonchev–Trinajstić information content (AvgIpc) is 2.61. The first-order valence-corrected chi connectivity index (χ1v) is 7.82. The standard InChI is InChI=1S/C8H9Cl2N.C6H3N3O7/c9-8(10)7(11)6-4-2-1-3-5-6;10-6-4(8(13)14)1-3(7(11)12)2-5(6)9(15)16/h1-5,7-8H,11H2;1-2,10H. The number of rotatable bonds is 5. The lowest BCUT2D eigenvalue weighted by molar-refractivity contribution is -0.404. The summed E-state index contributed by atoms with van der Waals surface area (Å²) in [6.07, 6.45) is 0. The minimum Gasteiger partial charge on any atom is -0.497 e. The summed E-state index contributed by atoms with van der Waals surface area (Å²) in [4.78, 5) is 27.2. The third-order valence-electron chi connectivity index (χ3n) is 3.11. The molecule has 144 valence electrons. The molecule has 0 heterocycles. The van der Waals surface area contributed by atoms with Crippen molar-refractivity contribution >= 4 is 40.3 Å². The number of nitro groups is 3. The molecule has 0 aliphatic rings. The molecule has 1 unspecified atom stereocenters. The summed E-state index contributed by atoms with van der Waals surface area (Å²) in [6.45, 7) is 0. The first kappa shape index (κ1) is 22.0. The monoisotopic (exact) mass is 418 g/mol. The Kier molecular flexibility index (Phi) is 7.84. The van der Waals surface area contributed by atoms with Gasteiger partial charge in [-0.15, -0.1) is 23.2 Å². The van der Waals surface area contributed by atoms with Gasteiger partial charge in [0.1, 0.15) is 4.84 Å². The maximum absolute atomic E-state index is 10.4. The molecule has 0 aromatic heterocycles. The molecule has 1 atom stereocenters. The fraction of sp³-hybridized carbons (Fsp3) is 0.143. The summed E-state index contributed by atoms with van der Waals surface area (Å²) in [5.74, 6) is -1.21. The molecule has 0 saturated carbocycles. The Hall–Kier alpha value is -3.02. The van der Waals surface area contributed by atoms with Crippen molar-refractivity contribution < 1.29 is 19.9 Å². The number of benzene rings is 2. The van der Waals surface area contributed by atoms with E-state index in [1.807, 2.05) is 30.3 Å². The van der Waals surface area contributed by atoms with Crippen LogP contribution in [0.3, 0.4) is 0 Å². The first-order chi connectivity index (χ1) is 12.6. The molecule has 0 fully saturated rings. The van der Waals surface area contributed by atoms with Crippen LogP contribution in [0.4, 0.5) is 17.1 Å². The molecule has 3 N–H and O–H groups in total. The molecular weight excluding hydrogens is 407 g/mol. The van der Waals surface area contributed by atoms with Crippen molar-refractivity contribution in [2.45, 2.75) is 10.9 Å². The molecule has 0 aliphatic heterocycles. The van der Waals surface area contributed by atoms with Gasteiger partial charge in [0.2, 0.25) is 0 Å². The quantitative estimate of drug-likeness (QED) is 0.419. The topological polar surface area (TPSA) is 176 Å². The molecule has 11 nitrogen and oxygen atoms in total. The van der Waals surface area contributed by atoms with Gasteiger partial charge in [-0.3, -0.25) is 30.3 Å². The van der Waals surface area contributed by atoms with E-state index >= 15 is 0 Å². The van der Waals surface area contributed by atoms with Crippen LogP contribution < -0.4 is 5.73 Å². The molecule has 0 bridgehead atoms. The number of nitrogens with zero attached hydrogens (tertiary/aromatic N) is 3. The lowest BCUT2D eigenvalue weighted by Crippen LogP contribution is -2.16. The SMILES string of the molecule is NC(c1ccccc1)C(Cl)Cl.O=[N+]([O-])c1cc([N+](=O)[O-])c(O)c([N+](=O)[O-])c1. The van der Waals surface area contributed by atoms with Gasteiger partial charge in [0, 0.05) is 0 Å². The van der Waals surface area contributed by atoms with E-state index in [0.717, 1.165) is 5.56 Å². The van der Waals surface area contributed by atoms with Crippen molar-refractivity contribution in [3.8, 4) is 5.75 Å². The van der Waals surface area contributed by atoms with E-state index < -0.39 is 42.4 Å². The van der Waals surface area contributed by atoms with Crippen LogP contribution >= 0.6 is 23.2 Å². The van der Waals surface area contributed by atoms with Gasteiger partial charge in [0.05, 0.1) is 32.9 Å². The lowest BCUT2D eigenvalue weighted by Gasteiger charge is -2.11. The van der Waals surface area contributed by atoms with E-state index in [0.29, 0.717) is 12.1 Å². The average molecular weight is 419 g/mol. The number of non-ortho nitro benzene ring substituents is 1. The van der Waals surface area contributed by atoms with Crippen molar-refractivity contribution in [1.29, 1.82) is 0 Å². The summed E-state index contributed by atoms with van der Waals surface area (Å²) in [7, 11) is 0. The molecule has 2 rings (SSSR count). The molecular formula is C14H12Cl2N4O7. The first-order valence-electron chi connectivity index (χ1n) is 6.95. The molecule has 13 heteroatoms. The van der Waals surface area contributed by atoms with Crippen molar-refractivity contribution in [2.75, 3.05) is 0 Å². The molecule has 0 amide bonds. The molecule has 27 heavy (non-hydrogen) atoms. The van der Waals surface area contributed by atoms with Crippen LogP contribution in [-0.2, 0) is 0 Å². The number of phenolic OH excluding ortho intramolecular Hbond substituents is 1. The van der Waals surface area contributed by atoms with E-state index in [1.54, 1.807) is 0 Å². The van der Waals surface area contributed by atoms with Gasteiger partial charge in [-0.25, -0.2) is 0 Å². The summed E-state index contributed by atoms with van der Waals surface area (Å²) in [5.41, 5.74) is 3.63. The predicted molar refractivity (Wildman–Crippen MR) is 96.9 cm³/mol. The van der Waals surface area contributed by atoms with Gasteiger partial charge in [0.25, 0.3) is 11.4 Å². The number of nitrogens with two attached hydrogens (primary N) is 1. The summed E-state index contributed by atoms with van der Waals surface area (Å²) in [6, 6.07) is 10.2. The Bertz CT molecular complexity index is 814. The van der Waals surface area contributed by atoms with Crippen molar-refractivity contribution in [3.63, 3.8) is 0 Å². The molecule has 2 aromatic carbocycles. The molecule has 0 aliphatic carbocycles. The fourth-order valence-corrected chi connectivity index (χ4v) is 2.09. The number of hydrogen-bond acceptors (Lipinski definition) is 8. The number of hydrogen-bond donors (Lipinski definition) is 2. The maximum atomic E-state index is 10.4. The van der Waals surface area contributed by atoms with Crippen molar-refractivity contribution in [3.05, 3.63) is 78.4 Å². The largest absolute Gasteiger partial charge is 0.497 e. The van der Waals surface area contributed by atoms with E-state index in [4.69, 9.17) is 34.0 Å². The molecule has 0 spiro atoms. The zero-order valence-corrected chi connectivity index (χ0v) is 14.8.